The van der Waals surface area contributed by atoms with Crippen molar-refractivity contribution >= 4 is 11.8 Å². The molecule has 0 unspecified atom stereocenters. The quantitative estimate of drug-likeness (QED) is 0.859. The van der Waals surface area contributed by atoms with E-state index in [2.05, 4.69) is 0 Å². The number of methoxy groups -OCH3 is 1. The van der Waals surface area contributed by atoms with Crippen LogP contribution in [0.25, 0.3) is 0 Å². The third kappa shape index (κ3) is 4.03. The van der Waals surface area contributed by atoms with Gasteiger partial charge in [0.25, 0.3) is 5.91 Å². The predicted octanol–water partition coefficient (Wildman–Crippen LogP) is 2.33. The molecule has 1 aromatic carbocycles. The molecular weight excluding hydrogens is 292 g/mol. The number of hydrogen-bond donors (Lipinski definition) is 0. The maximum Gasteiger partial charge on any atom is 0.253 e. The first kappa shape index (κ1) is 17.3. The van der Waals surface area contributed by atoms with Crippen molar-refractivity contribution in [3.8, 4) is 5.75 Å². The third-order valence-corrected chi connectivity index (χ3v) is 4.23. The number of benzene rings is 1. The van der Waals surface area contributed by atoms with Crippen LogP contribution >= 0.6 is 0 Å². The fourth-order valence-electron chi connectivity index (χ4n) is 2.90. The summed E-state index contributed by atoms with van der Waals surface area (Å²) in [6.07, 6.45) is 0.819. The zero-order valence-electron chi connectivity index (χ0n) is 14.5. The van der Waals surface area contributed by atoms with Gasteiger partial charge in [-0.2, -0.15) is 0 Å². The lowest BCUT2D eigenvalue weighted by Gasteiger charge is -2.23. The number of amides is 2. The molecular formula is C18H26N2O3. The van der Waals surface area contributed by atoms with Gasteiger partial charge in [-0.05, 0) is 37.1 Å². The lowest BCUT2D eigenvalue weighted by Crippen LogP contribution is -2.39. The fourth-order valence-corrected chi connectivity index (χ4v) is 2.90. The van der Waals surface area contributed by atoms with Gasteiger partial charge in [-0.15, -0.1) is 0 Å². The van der Waals surface area contributed by atoms with Crippen molar-refractivity contribution in [2.45, 2.75) is 27.2 Å². The van der Waals surface area contributed by atoms with Gasteiger partial charge in [0, 0.05) is 37.7 Å². The van der Waals surface area contributed by atoms with Crippen LogP contribution in [0.4, 0.5) is 0 Å². The molecule has 1 saturated heterocycles. The van der Waals surface area contributed by atoms with Gasteiger partial charge in [0.05, 0.1) is 7.11 Å². The van der Waals surface area contributed by atoms with E-state index in [0.29, 0.717) is 25.2 Å². The van der Waals surface area contributed by atoms with E-state index >= 15 is 0 Å². The van der Waals surface area contributed by atoms with E-state index in [1.165, 1.54) is 0 Å². The van der Waals surface area contributed by atoms with E-state index in [-0.39, 0.29) is 17.7 Å². The Morgan fingerprint density at radius 2 is 1.74 bits per heavy atom. The van der Waals surface area contributed by atoms with E-state index in [1.807, 2.05) is 42.7 Å². The first-order chi connectivity index (χ1) is 10.9. The number of carbonyl (C=O) groups excluding carboxylic acids is 2. The first-order valence-electron chi connectivity index (χ1n) is 8.16. The summed E-state index contributed by atoms with van der Waals surface area (Å²) in [5.74, 6) is 0.974. The topological polar surface area (TPSA) is 49.9 Å². The van der Waals surface area contributed by atoms with Crippen molar-refractivity contribution in [3.05, 3.63) is 29.3 Å². The van der Waals surface area contributed by atoms with Gasteiger partial charge in [0.1, 0.15) is 5.75 Å². The number of hydrogen-bond acceptors (Lipinski definition) is 3. The lowest BCUT2D eigenvalue weighted by atomic mass is 10.1. The van der Waals surface area contributed by atoms with Crippen LogP contribution in [0, 0.1) is 12.8 Å². The van der Waals surface area contributed by atoms with Crippen LogP contribution < -0.4 is 4.74 Å². The number of aryl methyl sites for hydroxylation is 1. The number of nitrogens with zero attached hydrogens (tertiary/aromatic N) is 2. The van der Waals surface area contributed by atoms with Crippen LogP contribution in [-0.4, -0.2) is 54.9 Å². The molecule has 126 valence electrons. The summed E-state index contributed by atoms with van der Waals surface area (Å²) in [5, 5.41) is 0. The van der Waals surface area contributed by atoms with Crippen LogP contribution in [0.5, 0.6) is 5.75 Å². The molecule has 1 aliphatic heterocycles. The monoisotopic (exact) mass is 318 g/mol. The minimum Gasteiger partial charge on any atom is -0.496 e. The molecule has 1 fully saturated rings. The van der Waals surface area contributed by atoms with E-state index < -0.39 is 0 Å². The first-order valence-corrected chi connectivity index (χ1v) is 8.16. The number of rotatable bonds is 3. The molecule has 0 spiro atoms. The van der Waals surface area contributed by atoms with Crippen molar-refractivity contribution in [1.29, 1.82) is 0 Å². The minimum atomic E-state index is 0.00138. The van der Waals surface area contributed by atoms with Crippen molar-refractivity contribution in [1.82, 2.24) is 9.80 Å². The molecule has 5 heteroatoms. The number of ether oxygens (including phenoxy) is 1. The highest BCUT2D eigenvalue weighted by molar-refractivity contribution is 5.94. The Morgan fingerprint density at radius 3 is 2.35 bits per heavy atom. The van der Waals surface area contributed by atoms with Gasteiger partial charge < -0.3 is 14.5 Å². The zero-order chi connectivity index (χ0) is 17.0. The van der Waals surface area contributed by atoms with Gasteiger partial charge in [-0.25, -0.2) is 0 Å². The van der Waals surface area contributed by atoms with Crippen LogP contribution in [-0.2, 0) is 4.79 Å². The van der Waals surface area contributed by atoms with Gasteiger partial charge in [-0.3, -0.25) is 9.59 Å². The van der Waals surface area contributed by atoms with E-state index in [1.54, 1.807) is 13.2 Å². The average molecular weight is 318 g/mol. The van der Waals surface area contributed by atoms with E-state index in [4.69, 9.17) is 4.74 Å². The highest BCUT2D eigenvalue weighted by Crippen LogP contribution is 2.20. The average Bonchev–Trinajstić information content (AvgIpc) is 2.79. The SMILES string of the molecule is COc1ccc(C(=O)N2CCCN(C(=O)C(C)C)CC2)cc1C. The van der Waals surface area contributed by atoms with Crippen LogP contribution in [0.1, 0.15) is 36.2 Å². The highest BCUT2D eigenvalue weighted by Gasteiger charge is 2.24. The van der Waals surface area contributed by atoms with Crippen molar-refractivity contribution in [2.24, 2.45) is 5.92 Å². The molecule has 0 radical (unpaired) electrons. The fraction of sp³-hybridized carbons (Fsp3) is 0.556. The largest absolute Gasteiger partial charge is 0.496 e. The molecule has 1 heterocycles. The molecule has 1 aromatic rings. The van der Waals surface area contributed by atoms with Gasteiger partial charge in [0.15, 0.2) is 0 Å². The minimum absolute atomic E-state index is 0.00138. The van der Waals surface area contributed by atoms with Crippen molar-refractivity contribution in [2.75, 3.05) is 33.3 Å². The molecule has 2 rings (SSSR count). The van der Waals surface area contributed by atoms with Crippen molar-refractivity contribution in [3.63, 3.8) is 0 Å². The van der Waals surface area contributed by atoms with Gasteiger partial charge >= 0.3 is 0 Å². The Morgan fingerprint density at radius 1 is 1.09 bits per heavy atom. The molecule has 0 aliphatic carbocycles. The molecule has 0 N–H and O–H groups in total. The maximum atomic E-state index is 12.7. The second kappa shape index (κ2) is 7.49. The molecule has 1 aliphatic rings. The summed E-state index contributed by atoms with van der Waals surface area (Å²) in [4.78, 5) is 28.5. The molecule has 2 amide bonds. The summed E-state index contributed by atoms with van der Waals surface area (Å²) in [5.41, 5.74) is 1.62. The molecule has 5 nitrogen and oxygen atoms in total. The van der Waals surface area contributed by atoms with Crippen LogP contribution in [0.3, 0.4) is 0 Å². The standard InChI is InChI=1S/C18H26N2O3/c1-13(2)17(21)19-8-5-9-20(11-10-19)18(22)15-6-7-16(23-4)14(3)12-15/h6-7,12-13H,5,8-11H2,1-4H3. The van der Waals surface area contributed by atoms with E-state index in [0.717, 1.165) is 24.3 Å². The summed E-state index contributed by atoms with van der Waals surface area (Å²) in [6, 6.07) is 5.49. The second-order valence-electron chi connectivity index (χ2n) is 6.31. The Balaban J connectivity index is 2.06. The predicted molar refractivity (Wildman–Crippen MR) is 89.7 cm³/mol. The molecule has 0 saturated carbocycles. The van der Waals surface area contributed by atoms with Crippen molar-refractivity contribution < 1.29 is 14.3 Å². The Kier molecular flexibility index (Phi) is 5.64. The Labute approximate surface area is 138 Å². The smallest absolute Gasteiger partial charge is 0.253 e. The Hall–Kier alpha value is -2.04. The summed E-state index contributed by atoms with van der Waals surface area (Å²) < 4.78 is 5.24. The second-order valence-corrected chi connectivity index (χ2v) is 6.31. The highest BCUT2D eigenvalue weighted by atomic mass is 16.5. The molecule has 23 heavy (non-hydrogen) atoms. The lowest BCUT2D eigenvalue weighted by molar-refractivity contribution is -0.134. The molecule has 0 aromatic heterocycles. The van der Waals surface area contributed by atoms with Gasteiger partial charge in [-0.1, -0.05) is 13.8 Å². The molecule has 0 bridgehead atoms. The van der Waals surface area contributed by atoms with Crippen LogP contribution in [0.2, 0.25) is 0 Å². The third-order valence-electron chi connectivity index (χ3n) is 4.23. The summed E-state index contributed by atoms with van der Waals surface area (Å²) in [6.45, 7) is 8.36. The maximum absolute atomic E-state index is 12.7. The van der Waals surface area contributed by atoms with Crippen LogP contribution in [0.15, 0.2) is 18.2 Å². The van der Waals surface area contributed by atoms with E-state index in [9.17, 15) is 9.59 Å². The zero-order valence-corrected chi connectivity index (χ0v) is 14.5. The number of carbonyl (C=O) groups is 2. The molecule has 0 atom stereocenters. The summed E-state index contributed by atoms with van der Waals surface area (Å²) >= 11 is 0. The normalized spacial score (nSPS) is 15.5. The Bertz CT molecular complexity index is 584. The van der Waals surface area contributed by atoms with Gasteiger partial charge in [0.2, 0.25) is 5.91 Å². The summed E-state index contributed by atoms with van der Waals surface area (Å²) in [7, 11) is 1.62.